The zero-order valence-corrected chi connectivity index (χ0v) is 13.0. The number of ether oxygens (including phenoxy) is 3. The fourth-order valence-electron chi connectivity index (χ4n) is 2.49. The maximum absolute atomic E-state index is 6.19. The van der Waals surface area contributed by atoms with E-state index in [1.165, 1.54) is 0 Å². The highest BCUT2D eigenvalue weighted by Crippen LogP contribution is 2.37. The van der Waals surface area contributed by atoms with E-state index in [1.807, 2.05) is 6.07 Å². The van der Waals surface area contributed by atoms with Crippen LogP contribution in [0, 0.1) is 0 Å². The normalized spacial score (nSPS) is 22.4. The largest absolute Gasteiger partial charge is 0.495 e. The Morgan fingerprint density at radius 3 is 2.70 bits per heavy atom. The minimum absolute atomic E-state index is 0.334. The van der Waals surface area contributed by atoms with Crippen LogP contribution in [0.2, 0.25) is 5.02 Å². The van der Waals surface area contributed by atoms with E-state index in [9.17, 15) is 0 Å². The predicted molar refractivity (Wildman–Crippen MR) is 81.2 cm³/mol. The Labute approximate surface area is 125 Å². The van der Waals surface area contributed by atoms with Gasteiger partial charge in [-0.3, -0.25) is 0 Å². The van der Waals surface area contributed by atoms with Crippen LogP contribution >= 0.6 is 11.6 Å². The molecule has 0 radical (unpaired) electrons. The van der Waals surface area contributed by atoms with Gasteiger partial charge >= 0.3 is 0 Å². The average molecular weight is 300 g/mol. The maximum atomic E-state index is 6.19. The summed E-state index contributed by atoms with van der Waals surface area (Å²) in [5, 5.41) is 4.09. The molecule has 0 amide bonds. The van der Waals surface area contributed by atoms with E-state index in [4.69, 9.17) is 25.8 Å². The molecule has 1 aliphatic heterocycles. The Morgan fingerprint density at radius 2 is 2.05 bits per heavy atom. The van der Waals surface area contributed by atoms with E-state index in [2.05, 4.69) is 12.2 Å². The van der Waals surface area contributed by atoms with Crippen molar-refractivity contribution in [3.8, 4) is 11.5 Å². The second kappa shape index (κ2) is 7.04. The predicted octanol–water partition coefficient (Wildman–Crippen LogP) is 3.73. The van der Waals surface area contributed by atoms with Gasteiger partial charge in [-0.1, -0.05) is 18.5 Å². The molecule has 0 saturated carbocycles. The first-order valence-corrected chi connectivity index (χ1v) is 7.35. The number of nitrogens with one attached hydrogen (secondary N) is 1. The van der Waals surface area contributed by atoms with Crippen molar-refractivity contribution in [1.29, 1.82) is 0 Å². The highest BCUT2D eigenvalue weighted by molar-refractivity contribution is 6.32. The molecule has 2 atom stereocenters. The van der Waals surface area contributed by atoms with Gasteiger partial charge in [0.05, 0.1) is 31.0 Å². The van der Waals surface area contributed by atoms with Crippen molar-refractivity contribution in [3.63, 3.8) is 0 Å². The van der Waals surface area contributed by atoms with Gasteiger partial charge in [0.2, 0.25) is 0 Å². The second-order valence-corrected chi connectivity index (χ2v) is 5.36. The zero-order chi connectivity index (χ0) is 14.5. The van der Waals surface area contributed by atoms with Gasteiger partial charge in [0.1, 0.15) is 11.5 Å². The summed E-state index contributed by atoms with van der Waals surface area (Å²) in [6, 6.07) is 4.05. The third-order valence-electron chi connectivity index (χ3n) is 3.66. The van der Waals surface area contributed by atoms with Crippen LogP contribution < -0.4 is 14.8 Å². The van der Waals surface area contributed by atoms with Crippen molar-refractivity contribution in [2.24, 2.45) is 0 Å². The Hall–Kier alpha value is -1.13. The van der Waals surface area contributed by atoms with Crippen LogP contribution in [0.1, 0.15) is 26.2 Å². The van der Waals surface area contributed by atoms with Gasteiger partial charge < -0.3 is 19.5 Å². The number of anilines is 1. The summed E-state index contributed by atoms with van der Waals surface area (Å²) in [5.41, 5.74) is 0.903. The molecule has 112 valence electrons. The molecule has 1 N–H and O–H groups in total. The number of benzene rings is 1. The van der Waals surface area contributed by atoms with Gasteiger partial charge in [-0.15, -0.1) is 0 Å². The fraction of sp³-hybridized carbons (Fsp3) is 0.600. The Balaban J connectivity index is 2.13. The van der Waals surface area contributed by atoms with Crippen molar-refractivity contribution in [1.82, 2.24) is 0 Å². The standard InChI is InChI=1S/C15H22ClNO3/c1-4-11-7-10(5-6-20-11)17-13-8-12(16)14(18-2)9-15(13)19-3/h8-11,17H,4-7H2,1-3H3. The first-order chi connectivity index (χ1) is 9.67. The van der Waals surface area contributed by atoms with Crippen LogP contribution in [0.3, 0.4) is 0 Å². The van der Waals surface area contributed by atoms with Crippen LogP contribution in [0.25, 0.3) is 0 Å². The third kappa shape index (κ3) is 3.49. The molecule has 1 saturated heterocycles. The van der Waals surface area contributed by atoms with Gasteiger partial charge in [0.25, 0.3) is 0 Å². The summed E-state index contributed by atoms with van der Waals surface area (Å²) in [4.78, 5) is 0. The summed E-state index contributed by atoms with van der Waals surface area (Å²) in [6.45, 7) is 2.94. The summed E-state index contributed by atoms with van der Waals surface area (Å²) >= 11 is 6.19. The lowest BCUT2D eigenvalue weighted by atomic mass is 10.0. The zero-order valence-electron chi connectivity index (χ0n) is 12.2. The SMILES string of the molecule is CCC1CC(Nc2cc(Cl)c(OC)cc2OC)CCO1. The molecule has 0 bridgehead atoms. The van der Waals surface area contributed by atoms with Gasteiger partial charge in [-0.05, 0) is 25.3 Å². The van der Waals surface area contributed by atoms with Crippen LogP contribution in [-0.4, -0.2) is 33.0 Å². The minimum Gasteiger partial charge on any atom is -0.495 e. The molecule has 2 rings (SSSR count). The lowest BCUT2D eigenvalue weighted by molar-refractivity contribution is 0.00922. The molecule has 20 heavy (non-hydrogen) atoms. The minimum atomic E-state index is 0.334. The molecule has 1 aromatic carbocycles. The van der Waals surface area contributed by atoms with Gasteiger partial charge in [0, 0.05) is 18.7 Å². The molecular formula is C15H22ClNO3. The molecule has 1 aromatic rings. The van der Waals surface area contributed by atoms with E-state index in [0.29, 0.717) is 22.9 Å². The van der Waals surface area contributed by atoms with E-state index in [1.54, 1.807) is 20.3 Å². The monoisotopic (exact) mass is 299 g/mol. The molecule has 0 aliphatic carbocycles. The molecule has 1 heterocycles. The van der Waals surface area contributed by atoms with E-state index in [0.717, 1.165) is 37.3 Å². The number of rotatable bonds is 5. The van der Waals surface area contributed by atoms with Crippen LogP contribution in [-0.2, 0) is 4.74 Å². The van der Waals surface area contributed by atoms with Gasteiger partial charge in [-0.25, -0.2) is 0 Å². The van der Waals surface area contributed by atoms with Crippen molar-refractivity contribution in [2.75, 3.05) is 26.1 Å². The topological polar surface area (TPSA) is 39.7 Å². The summed E-state index contributed by atoms with van der Waals surface area (Å²) in [5.74, 6) is 1.36. The maximum Gasteiger partial charge on any atom is 0.145 e. The number of hydrogen-bond donors (Lipinski definition) is 1. The highest BCUT2D eigenvalue weighted by atomic mass is 35.5. The van der Waals surface area contributed by atoms with Crippen molar-refractivity contribution in [3.05, 3.63) is 17.2 Å². The molecule has 0 spiro atoms. The second-order valence-electron chi connectivity index (χ2n) is 4.95. The Bertz CT molecular complexity index is 453. The lowest BCUT2D eigenvalue weighted by Crippen LogP contribution is -2.33. The molecular weight excluding hydrogens is 278 g/mol. The molecule has 2 unspecified atom stereocenters. The Kier molecular flexibility index (Phi) is 5.38. The molecule has 1 aliphatic rings. The Morgan fingerprint density at radius 1 is 1.30 bits per heavy atom. The van der Waals surface area contributed by atoms with Crippen molar-refractivity contribution in [2.45, 2.75) is 38.3 Å². The molecule has 1 fully saturated rings. The number of halogens is 1. The molecule has 0 aromatic heterocycles. The van der Waals surface area contributed by atoms with E-state index in [-0.39, 0.29) is 0 Å². The van der Waals surface area contributed by atoms with Gasteiger partial charge in [-0.2, -0.15) is 0 Å². The summed E-state index contributed by atoms with van der Waals surface area (Å²) in [6.07, 6.45) is 3.37. The lowest BCUT2D eigenvalue weighted by Gasteiger charge is -2.30. The van der Waals surface area contributed by atoms with Crippen molar-refractivity contribution >= 4 is 17.3 Å². The highest BCUT2D eigenvalue weighted by Gasteiger charge is 2.22. The smallest absolute Gasteiger partial charge is 0.145 e. The van der Waals surface area contributed by atoms with Crippen LogP contribution in [0.15, 0.2) is 12.1 Å². The van der Waals surface area contributed by atoms with E-state index < -0.39 is 0 Å². The van der Waals surface area contributed by atoms with Crippen molar-refractivity contribution < 1.29 is 14.2 Å². The molecule has 4 nitrogen and oxygen atoms in total. The summed E-state index contributed by atoms with van der Waals surface area (Å²) in [7, 11) is 3.24. The average Bonchev–Trinajstić information content (AvgIpc) is 2.48. The fourth-order valence-corrected chi connectivity index (χ4v) is 2.73. The first-order valence-electron chi connectivity index (χ1n) is 6.97. The van der Waals surface area contributed by atoms with Gasteiger partial charge in [0.15, 0.2) is 0 Å². The third-order valence-corrected chi connectivity index (χ3v) is 3.95. The first kappa shape index (κ1) is 15.3. The van der Waals surface area contributed by atoms with Crippen LogP contribution in [0.4, 0.5) is 5.69 Å². The number of methoxy groups -OCH3 is 2. The van der Waals surface area contributed by atoms with Crippen LogP contribution in [0.5, 0.6) is 11.5 Å². The molecule has 5 heteroatoms. The number of hydrogen-bond acceptors (Lipinski definition) is 4. The quantitative estimate of drug-likeness (QED) is 0.899. The van der Waals surface area contributed by atoms with E-state index >= 15 is 0 Å². The summed E-state index contributed by atoms with van der Waals surface area (Å²) < 4.78 is 16.3.